The molecule has 5 heteroatoms. The zero-order valence-corrected chi connectivity index (χ0v) is 14.4. The van der Waals surface area contributed by atoms with Crippen LogP contribution in [0.2, 0.25) is 0 Å². The molecule has 1 N–H and O–H groups in total. The van der Waals surface area contributed by atoms with Gasteiger partial charge >= 0.3 is 4.87 Å². The number of fused-ring (bicyclic) bond motifs is 1. The Bertz CT molecular complexity index is 856. The van der Waals surface area contributed by atoms with E-state index in [-0.39, 0.29) is 10.8 Å². The lowest BCUT2D eigenvalue weighted by Gasteiger charge is -2.06. The summed E-state index contributed by atoms with van der Waals surface area (Å²) in [5.41, 5.74) is 4.19. The predicted molar refractivity (Wildman–Crippen MR) is 96.9 cm³/mol. The summed E-state index contributed by atoms with van der Waals surface area (Å²) < 4.78 is 1.44. The lowest BCUT2D eigenvalue weighted by atomic mass is 10.0. The molecule has 2 heterocycles. The smallest absolute Gasteiger partial charge is 0.310 e. The molecule has 120 valence electrons. The van der Waals surface area contributed by atoms with Gasteiger partial charge in [-0.2, -0.15) is 0 Å². The number of nitrogens with zero attached hydrogens (tertiary/aromatic N) is 2. The molecule has 0 spiro atoms. The van der Waals surface area contributed by atoms with E-state index in [1.54, 1.807) is 6.21 Å². The molecule has 23 heavy (non-hydrogen) atoms. The van der Waals surface area contributed by atoms with Crippen LogP contribution >= 0.6 is 11.3 Å². The number of hydrogen-bond acceptors (Lipinski definition) is 4. The molecule has 3 rings (SSSR count). The Morgan fingerprint density at radius 1 is 1.39 bits per heavy atom. The van der Waals surface area contributed by atoms with E-state index in [2.05, 4.69) is 18.0 Å². The number of aromatic hydroxyl groups is 1. The fraction of sp³-hybridized carbons (Fsp3) is 0.333. The Morgan fingerprint density at radius 3 is 2.87 bits per heavy atom. The molecular weight excluding hydrogens is 308 g/mol. The number of aromatic nitrogens is 1. The minimum atomic E-state index is -0.125. The van der Waals surface area contributed by atoms with Gasteiger partial charge in [-0.1, -0.05) is 50.3 Å². The van der Waals surface area contributed by atoms with Gasteiger partial charge in [0.25, 0.3) is 0 Å². The number of hydrogen-bond donors (Lipinski definition) is 1. The van der Waals surface area contributed by atoms with Crippen LogP contribution in [0.4, 0.5) is 5.69 Å². The van der Waals surface area contributed by atoms with Crippen molar-refractivity contribution in [2.24, 2.45) is 10.9 Å². The summed E-state index contributed by atoms with van der Waals surface area (Å²) in [7, 11) is 0. The van der Waals surface area contributed by atoms with Crippen molar-refractivity contribution in [1.82, 2.24) is 4.57 Å². The van der Waals surface area contributed by atoms with Crippen molar-refractivity contribution in [3.63, 3.8) is 0 Å². The fourth-order valence-corrected chi connectivity index (χ4v) is 3.60. The third-order valence-electron chi connectivity index (χ3n) is 3.87. The number of rotatable bonds is 4. The molecule has 1 aliphatic heterocycles. The van der Waals surface area contributed by atoms with E-state index in [0.29, 0.717) is 17.3 Å². The number of benzene rings is 1. The monoisotopic (exact) mass is 328 g/mol. The van der Waals surface area contributed by atoms with Crippen LogP contribution in [-0.2, 0) is 13.0 Å². The first-order valence-corrected chi connectivity index (χ1v) is 8.63. The molecule has 0 atom stereocenters. The van der Waals surface area contributed by atoms with Gasteiger partial charge in [-0.05, 0) is 24.0 Å². The summed E-state index contributed by atoms with van der Waals surface area (Å²) in [4.78, 5) is 17.0. The highest BCUT2D eigenvalue weighted by molar-refractivity contribution is 7.10. The van der Waals surface area contributed by atoms with Crippen LogP contribution in [-0.4, -0.2) is 15.9 Å². The maximum absolute atomic E-state index is 12.1. The second-order valence-corrected chi connectivity index (χ2v) is 7.08. The molecule has 1 aromatic heterocycles. The third kappa shape index (κ3) is 2.88. The molecule has 4 nitrogen and oxygen atoms in total. The molecular formula is C18H20N2O2S. The second-order valence-electron chi connectivity index (χ2n) is 6.09. The third-order valence-corrected chi connectivity index (χ3v) is 4.79. The Hall–Kier alpha value is -2.14. The van der Waals surface area contributed by atoms with Crippen LogP contribution < -0.4 is 4.87 Å². The van der Waals surface area contributed by atoms with Crippen LogP contribution in [0.5, 0.6) is 5.88 Å². The summed E-state index contributed by atoms with van der Waals surface area (Å²) in [5.74, 6) is 0.351. The maximum atomic E-state index is 12.1. The molecule has 0 amide bonds. The molecule has 1 aromatic carbocycles. The van der Waals surface area contributed by atoms with E-state index >= 15 is 0 Å². The molecule has 0 saturated heterocycles. The average molecular weight is 328 g/mol. The van der Waals surface area contributed by atoms with Crippen molar-refractivity contribution in [2.45, 2.75) is 33.7 Å². The highest BCUT2D eigenvalue weighted by Gasteiger charge is 2.18. The van der Waals surface area contributed by atoms with Crippen molar-refractivity contribution in [2.75, 3.05) is 0 Å². The molecule has 2 aromatic rings. The maximum Gasteiger partial charge on any atom is 0.310 e. The summed E-state index contributed by atoms with van der Waals surface area (Å²) in [6, 6.07) is 6.12. The number of allylic oxidation sites excluding steroid dienone is 1. The Labute approximate surface area is 139 Å². The van der Waals surface area contributed by atoms with E-state index in [1.165, 1.54) is 10.1 Å². The van der Waals surface area contributed by atoms with Crippen LogP contribution in [0.1, 0.15) is 36.8 Å². The van der Waals surface area contributed by atoms with Gasteiger partial charge in [0.2, 0.25) is 5.88 Å². The molecule has 0 fully saturated rings. The SMILES string of the molecule is CCc1cccc2c1N=CC2=Cc1sc(=O)n(CC(C)C)c1O. The zero-order chi connectivity index (χ0) is 16.6. The standard InChI is InChI=1S/C18H20N2O2S/c1-4-12-6-5-7-14-13(9-19-16(12)14)8-15-17(21)20(10-11(2)3)18(22)23-15/h5-9,11,21H,4,10H2,1-3H3. The van der Waals surface area contributed by atoms with E-state index < -0.39 is 0 Å². The number of thiazole rings is 1. The van der Waals surface area contributed by atoms with Crippen LogP contribution in [0.3, 0.4) is 0 Å². The van der Waals surface area contributed by atoms with Crippen molar-refractivity contribution in [3.05, 3.63) is 43.9 Å². The molecule has 0 radical (unpaired) electrons. The van der Waals surface area contributed by atoms with E-state index in [4.69, 9.17) is 0 Å². The first kappa shape index (κ1) is 15.7. The normalized spacial score (nSPS) is 14.9. The zero-order valence-electron chi connectivity index (χ0n) is 13.5. The van der Waals surface area contributed by atoms with Crippen molar-refractivity contribution in [1.29, 1.82) is 0 Å². The van der Waals surface area contributed by atoms with Crippen LogP contribution in [0.15, 0.2) is 28.0 Å². The van der Waals surface area contributed by atoms with Gasteiger partial charge in [-0.15, -0.1) is 0 Å². The molecule has 0 saturated carbocycles. The quantitative estimate of drug-likeness (QED) is 0.919. The number of para-hydroxylation sites is 1. The first-order chi connectivity index (χ1) is 11.0. The van der Waals surface area contributed by atoms with Crippen LogP contribution in [0, 0.1) is 5.92 Å². The minimum Gasteiger partial charge on any atom is -0.493 e. The predicted octanol–water partition coefficient (Wildman–Crippen LogP) is 4.09. The molecule has 0 aliphatic carbocycles. The van der Waals surface area contributed by atoms with Crippen LogP contribution in [0.25, 0.3) is 11.6 Å². The highest BCUT2D eigenvalue weighted by Crippen LogP contribution is 2.37. The lowest BCUT2D eigenvalue weighted by molar-refractivity contribution is 0.389. The first-order valence-electron chi connectivity index (χ1n) is 7.81. The number of aliphatic imine (C=N–C) groups is 1. The summed E-state index contributed by atoms with van der Waals surface area (Å²) in [6.45, 7) is 6.67. The average Bonchev–Trinajstić information content (AvgIpc) is 3.04. The van der Waals surface area contributed by atoms with E-state index in [9.17, 15) is 9.90 Å². The van der Waals surface area contributed by atoms with Crippen molar-refractivity contribution in [3.8, 4) is 5.88 Å². The number of aryl methyl sites for hydroxylation is 1. The van der Waals surface area contributed by atoms with Gasteiger partial charge in [0.1, 0.15) is 0 Å². The minimum absolute atomic E-state index is 0.0506. The van der Waals surface area contributed by atoms with Gasteiger partial charge in [-0.3, -0.25) is 14.4 Å². The van der Waals surface area contributed by atoms with E-state index in [0.717, 1.165) is 34.6 Å². The largest absolute Gasteiger partial charge is 0.493 e. The van der Waals surface area contributed by atoms with Gasteiger partial charge in [-0.25, -0.2) is 0 Å². The lowest BCUT2D eigenvalue weighted by Crippen LogP contribution is -2.15. The Balaban J connectivity index is 2.03. The topological polar surface area (TPSA) is 54.6 Å². The molecule has 0 unspecified atom stereocenters. The van der Waals surface area contributed by atoms with Crippen molar-refractivity contribution < 1.29 is 5.11 Å². The Morgan fingerprint density at radius 2 is 2.17 bits per heavy atom. The van der Waals surface area contributed by atoms with E-state index in [1.807, 2.05) is 32.1 Å². The summed E-state index contributed by atoms with van der Waals surface area (Å²) >= 11 is 1.07. The Kier molecular flexibility index (Phi) is 4.22. The fourth-order valence-electron chi connectivity index (χ4n) is 2.76. The van der Waals surface area contributed by atoms with Gasteiger partial charge in [0.15, 0.2) is 0 Å². The summed E-state index contributed by atoms with van der Waals surface area (Å²) in [6.07, 6.45) is 4.59. The van der Waals surface area contributed by atoms with Gasteiger partial charge in [0.05, 0.1) is 10.6 Å². The second kappa shape index (κ2) is 6.16. The highest BCUT2D eigenvalue weighted by atomic mass is 32.1. The molecule has 0 bridgehead atoms. The van der Waals surface area contributed by atoms with Crippen molar-refractivity contribution >= 4 is 34.9 Å². The van der Waals surface area contributed by atoms with Gasteiger partial charge < -0.3 is 5.11 Å². The summed E-state index contributed by atoms with van der Waals surface area (Å²) in [5, 5.41) is 10.4. The van der Waals surface area contributed by atoms with Gasteiger partial charge in [0, 0.05) is 23.9 Å². The molecule has 1 aliphatic rings.